The van der Waals surface area contributed by atoms with E-state index >= 15 is 0 Å². The number of ether oxygens (including phenoxy) is 1. The number of benzene rings is 3. The number of rotatable bonds is 6. The molecule has 0 unspecified atom stereocenters. The molecule has 1 heterocycles. The molecule has 0 aliphatic heterocycles. The van der Waals surface area contributed by atoms with Crippen molar-refractivity contribution >= 4 is 34.3 Å². The van der Waals surface area contributed by atoms with Gasteiger partial charge in [-0.3, -0.25) is 14.2 Å². The second-order valence-electron chi connectivity index (χ2n) is 7.22. The number of carbonyl (C=O) groups is 1. The normalized spacial score (nSPS) is 11.8. The van der Waals surface area contributed by atoms with Crippen LogP contribution in [0, 0.1) is 0 Å². The maximum absolute atomic E-state index is 13.5. The molecule has 7 heteroatoms. The minimum absolute atomic E-state index is 0.0878. The van der Waals surface area contributed by atoms with Crippen LogP contribution in [0.25, 0.3) is 16.6 Å². The van der Waals surface area contributed by atoms with Crippen molar-refractivity contribution in [2.45, 2.75) is 17.3 Å². The highest BCUT2D eigenvalue weighted by atomic mass is 32.2. The summed E-state index contributed by atoms with van der Waals surface area (Å²) in [5.41, 5.74) is 1.76. The number of amides is 1. The molecule has 1 aromatic heterocycles. The first-order chi connectivity index (χ1) is 15.5. The standard InChI is InChI=1S/C25H23N3O3S/c1-17(23(29)27(2)18-11-5-4-6-12-18)32-25-26-20-14-8-7-13-19(20)24(30)28(25)21-15-9-10-16-22(21)31-3/h4-17H,1-3H3/t17-/m1/s1. The highest BCUT2D eigenvalue weighted by Crippen LogP contribution is 2.30. The van der Waals surface area contributed by atoms with E-state index in [1.165, 1.54) is 16.3 Å². The Morgan fingerprint density at radius 1 is 1.00 bits per heavy atom. The average molecular weight is 446 g/mol. The van der Waals surface area contributed by atoms with Gasteiger partial charge in [-0.1, -0.05) is 54.2 Å². The molecule has 6 nitrogen and oxygen atoms in total. The van der Waals surface area contributed by atoms with Crippen molar-refractivity contribution in [3.63, 3.8) is 0 Å². The van der Waals surface area contributed by atoms with E-state index in [-0.39, 0.29) is 11.5 Å². The molecule has 0 N–H and O–H groups in total. The summed E-state index contributed by atoms with van der Waals surface area (Å²) in [7, 11) is 3.31. The molecule has 4 aromatic rings. The van der Waals surface area contributed by atoms with E-state index in [4.69, 9.17) is 9.72 Å². The highest BCUT2D eigenvalue weighted by Gasteiger charge is 2.24. The Labute approximate surface area is 190 Å². The van der Waals surface area contributed by atoms with Crippen LogP contribution in [-0.2, 0) is 4.79 Å². The van der Waals surface area contributed by atoms with Crippen molar-refractivity contribution in [2.24, 2.45) is 0 Å². The Balaban J connectivity index is 1.79. The fourth-order valence-corrected chi connectivity index (χ4v) is 4.49. The Morgan fingerprint density at radius 2 is 1.66 bits per heavy atom. The van der Waals surface area contributed by atoms with Gasteiger partial charge in [-0.05, 0) is 43.3 Å². The number of thioether (sulfide) groups is 1. The number of carbonyl (C=O) groups excluding carboxylic acids is 1. The van der Waals surface area contributed by atoms with Crippen LogP contribution in [0.1, 0.15) is 6.92 Å². The number of hydrogen-bond acceptors (Lipinski definition) is 5. The van der Waals surface area contributed by atoms with Gasteiger partial charge in [0.2, 0.25) is 5.91 Å². The maximum atomic E-state index is 13.5. The van der Waals surface area contributed by atoms with E-state index in [0.29, 0.717) is 27.5 Å². The fourth-order valence-electron chi connectivity index (χ4n) is 3.48. The zero-order valence-electron chi connectivity index (χ0n) is 18.1. The summed E-state index contributed by atoms with van der Waals surface area (Å²) in [6, 6.07) is 23.9. The van der Waals surface area contributed by atoms with Crippen molar-refractivity contribution in [1.82, 2.24) is 9.55 Å². The lowest BCUT2D eigenvalue weighted by Crippen LogP contribution is -2.34. The van der Waals surface area contributed by atoms with Gasteiger partial charge in [0.05, 0.1) is 29.0 Å². The van der Waals surface area contributed by atoms with Gasteiger partial charge in [0.25, 0.3) is 5.56 Å². The first-order valence-corrected chi connectivity index (χ1v) is 11.0. The quantitative estimate of drug-likeness (QED) is 0.322. The van der Waals surface area contributed by atoms with Crippen LogP contribution in [0.4, 0.5) is 5.69 Å². The molecule has 0 radical (unpaired) electrons. The third-order valence-electron chi connectivity index (χ3n) is 5.18. The van der Waals surface area contributed by atoms with Crippen LogP contribution in [0.3, 0.4) is 0 Å². The topological polar surface area (TPSA) is 64.4 Å². The second kappa shape index (κ2) is 9.28. The number of hydrogen-bond donors (Lipinski definition) is 0. The largest absolute Gasteiger partial charge is 0.495 e. The molecular formula is C25H23N3O3S. The Morgan fingerprint density at radius 3 is 2.41 bits per heavy atom. The Kier molecular flexibility index (Phi) is 6.28. The van der Waals surface area contributed by atoms with Gasteiger partial charge >= 0.3 is 0 Å². The maximum Gasteiger partial charge on any atom is 0.266 e. The summed E-state index contributed by atoms with van der Waals surface area (Å²) in [4.78, 5) is 33.0. The van der Waals surface area contributed by atoms with E-state index in [2.05, 4.69) is 0 Å². The molecule has 32 heavy (non-hydrogen) atoms. The predicted octanol–water partition coefficient (Wildman–Crippen LogP) is 4.54. The SMILES string of the molecule is COc1ccccc1-n1c(S[C@H](C)C(=O)N(C)c2ccccc2)nc2ccccc2c1=O. The van der Waals surface area contributed by atoms with E-state index in [0.717, 1.165) is 5.69 Å². The van der Waals surface area contributed by atoms with Crippen molar-refractivity contribution in [3.05, 3.63) is 89.2 Å². The number of para-hydroxylation sites is 4. The monoisotopic (exact) mass is 445 g/mol. The van der Waals surface area contributed by atoms with E-state index in [1.54, 1.807) is 37.3 Å². The number of methoxy groups -OCH3 is 1. The first kappa shape index (κ1) is 21.6. The summed E-state index contributed by atoms with van der Waals surface area (Å²) in [5, 5.41) is 0.456. The summed E-state index contributed by atoms with van der Waals surface area (Å²) >= 11 is 1.25. The third kappa shape index (κ3) is 4.11. The molecule has 3 aromatic carbocycles. The van der Waals surface area contributed by atoms with Gasteiger partial charge in [0, 0.05) is 12.7 Å². The summed E-state index contributed by atoms with van der Waals surface area (Å²) in [6.07, 6.45) is 0. The molecule has 0 saturated heterocycles. The molecule has 1 amide bonds. The van der Waals surface area contributed by atoms with Crippen LogP contribution in [0.2, 0.25) is 0 Å². The molecule has 0 aliphatic carbocycles. The number of nitrogens with zero attached hydrogens (tertiary/aromatic N) is 3. The molecule has 0 bridgehead atoms. The van der Waals surface area contributed by atoms with E-state index in [1.807, 2.05) is 67.6 Å². The lowest BCUT2D eigenvalue weighted by atomic mass is 10.2. The van der Waals surface area contributed by atoms with Gasteiger partial charge in [0.1, 0.15) is 5.75 Å². The Bertz CT molecular complexity index is 1320. The third-order valence-corrected chi connectivity index (χ3v) is 6.21. The molecule has 0 spiro atoms. The molecular weight excluding hydrogens is 422 g/mol. The van der Waals surface area contributed by atoms with Gasteiger partial charge in [-0.15, -0.1) is 0 Å². The molecule has 0 fully saturated rings. The smallest absolute Gasteiger partial charge is 0.266 e. The zero-order chi connectivity index (χ0) is 22.7. The number of aromatic nitrogens is 2. The molecule has 4 rings (SSSR count). The van der Waals surface area contributed by atoms with Crippen LogP contribution < -0.4 is 15.2 Å². The van der Waals surface area contributed by atoms with Gasteiger partial charge < -0.3 is 9.64 Å². The summed E-state index contributed by atoms with van der Waals surface area (Å²) < 4.78 is 7.02. The van der Waals surface area contributed by atoms with Gasteiger partial charge in [0.15, 0.2) is 5.16 Å². The van der Waals surface area contributed by atoms with Crippen LogP contribution in [-0.4, -0.2) is 34.9 Å². The van der Waals surface area contributed by atoms with Gasteiger partial charge in [-0.25, -0.2) is 4.98 Å². The van der Waals surface area contributed by atoms with Crippen molar-refractivity contribution in [3.8, 4) is 11.4 Å². The van der Waals surface area contributed by atoms with Crippen LogP contribution in [0.15, 0.2) is 88.8 Å². The van der Waals surface area contributed by atoms with Crippen molar-refractivity contribution in [2.75, 3.05) is 19.1 Å². The minimum Gasteiger partial charge on any atom is -0.495 e. The lowest BCUT2D eigenvalue weighted by Gasteiger charge is -2.22. The van der Waals surface area contributed by atoms with Crippen LogP contribution >= 0.6 is 11.8 Å². The molecule has 0 saturated carbocycles. The average Bonchev–Trinajstić information content (AvgIpc) is 2.84. The molecule has 0 aliphatic rings. The summed E-state index contributed by atoms with van der Waals surface area (Å²) in [5.74, 6) is 0.462. The van der Waals surface area contributed by atoms with E-state index in [9.17, 15) is 9.59 Å². The fraction of sp³-hybridized carbons (Fsp3) is 0.160. The molecule has 1 atom stereocenters. The van der Waals surface area contributed by atoms with Gasteiger partial charge in [-0.2, -0.15) is 0 Å². The van der Waals surface area contributed by atoms with Crippen molar-refractivity contribution < 1.29 is 9.53 Å². The lowest BCUT2D eigenvalue weighted by molar-refractivity contribution is -0.117. The van der Waals surface area contributed by atoms with Crippen LogP contribution in [0.5, 0.6) is 5.75 Å². The number of fused-ring (bicyclic) bond motifs is 1. The van der Waals surface area contributed by atoms with Crippen molar-refractivity contribution in [1.29, 1.82) is 0 Å². The number of anilines is 1. The van der Waals surface area contributed by atoms with E-state index < -0.39 is 5.25 Å². The highest BCUT2D eigenvalue weighted by molar-refractivity contribution is 8.00. The Hall–Kier alpha value is -3.58. The molecule has 162 valence electrons. The predicted molar refractivity (Wildman–Crippen MR) is 129 cm³/mol. The minimum atomic E-state index is -0.478. The zero-order valence-corrected chi connectivity index (χ0v) is 18.9. The second-order valence-corrected chi connectivity index (χ2v) is 8.52. The summed E-state index contributed by atoms with van der Waals surface area (Å²) in [6.45, 7) is 1.82. The first-order valence-electron chi connectivity index (χ1n) is 10.2.